The van der Waals surface area contributed by atoms with Gasteiger partial charge in [-0.2, -0.15) is 0 Å². The fraction of sp³-hybridized carbons (Fsp3) is 0.200. The quantitative estimate of drug-likeness (QED) is 0.750. The summed E-state index contributed by atoms with van der Waals surface area (Å²) in [5.74, 6) is 1.07. The fourth-order valence-corrected chi connectivity index (χ4v) is 1.65. The van der Waals surface area contributed by atoms with Gasteiger partial charge in [-0.25, -0.2) is 0 Å². The van der Waals surface area contributed by atoms with Crippen molar-refractivity contribution in [1.29, 1.82) is 0 Å². The van der Waals surface area contributed by atoms with Crippen LogP contribution in [0, 0.1) is 0 Å². The molecule has 6 nitrogen and oxygen atoms in total. The molecule has 0 aliphatic carbocycles. The summed E-state index contributed by atoms with van der Waals surface area (Å²) in [7, 11) is 0. The first-order valence-corrected chi connectivity index (χ1v) is 6.48. The lowest BCUT2D eigenvalue weighted by molar-refractivity contribution is 0.0922. The number of aldehydes is 1. The van der Waals surface area contributed by atoms with E-state index in [0.717, 1.165) is 6.29 Å². The van der Waals surface area contributed by atoms with Crippen LogP contribution >= 0.6 is 0 Å². The lowest BCUT2D eigenvalue weighted by atomic mass is 10.2. The first-order valence-electron chi connectivity index (χ1n) is 6.48. The monoisotopic (exact) mass is 288 g/mol. The molecule has 2 aromatic rings. The largest absolute Gasteiger partial charge is 0.486 e. The molecule has 6 heteroatoms. The molecule has 110 valence electrons. The van der Waals surface area contributed by atoms with Crippen LogP contribution < -0.4 is 15.8 Å². The number of amides is 1. The summed E-state index contributed by atoms with van der Waals surface area (Å²) < 4.78 is 10.9. The number of nitrogens with two attached hydrogens (primary N) is 1. The Kier molecular flexibility index (Phi) is 5.11. The van der Waals surface area contributed by atoms with E-state index in [1.807, 2.05) is 0 Å². The Morgan fingerprint density at radius 2 is 2.00 bits per heavy atom. The molecular weight excluding hydrogens is 272 g/mol. The number of carbonyl (C=O) groups excluding carboxylic acids is 2. The summed E-state index contributed by atoms with van der Waals surface area (Å²) in [6.45, 7) is 0.970. The van der Waals surface area contributed by atoms with Crippen molar-refractivity contribution < 1.29 is 18.7 Å². The Bertz CT molecular complexity index is 604. The zero-order valence-corrected chi connectivity index (χ0v) is 11.4. The minimum absolute atomic E-state index is 0.199. The maximum absolute atomic E-state index is 11.6. The van der Waals surface area contributed by atoms with Crippen molar-refractivity contribution in [1.82, 2.24) is 5.32 Å². The van der Waals surface area contributed by atoms with E-state index in [1.165, 1.54) is 0 Å². The first-order chi connectivity index (χ1) is 10.2. The summed E-state index contributed by atoms with van der Waals surface area (Å²) in [4.78, 5) is 22.2. The zero-order valence-electron chi connectivity index (χ0n) is 11.4. The molecule has 2 rings (SSSR count). The van der Waals surface area contributed by atoms with Gasteiger partial charge in [0.2, 0.25) is 0 Å². The van der Waals surface area contributed by atoms with Crippen LogP contribution in [-0.2, 0) is 6.61 Å². The van der Waals surface area contributed by atoms with Crippen LogP contribution in [0.4, 0.5) is 0 Å². The predicted octanol–water partition coefficient (Wildman–Crippen LogP) is 1.36. The van der Waals surface area contributed by atoms with Crippen molar-refractivity contribution in [2.45, 2.75) is 6.61 Å². The van der Waals surface area contributed by atoms with E-state index in [4.69, 9.17) is 14.9 Å². The van der Waals surface area contributed by atoms with Crippen LogP contribution in [-0.4, -0.2) is 25.3 Å². The maximum atomic E-state index is 11.6. The molecule has 3 N–H and O–H groups in total. The SMILES string of the molecule is NCCNC(=O)c1ccc(COc2ccc(C=O)cc2)o1. The molecule has 0 aliphatic heterocycles. The van der Waals surface area contributed by atoms with Crippen LogP contribution in [0.25, 0.3) is 0 Å². The van der Waals surface area contributed by atoms with E-state index in [9.17, 15) is 9.59 Å². The lowest BCUT2D eigenvalue weighted by Crippen LogP contribution is -2.28. The summed E-state index contributed by atoms with van der Waals surface area (Å²) in [6, 6.07) is 9.98. The average molecular weight is 288 g/mol. The van der Waals surface area contributed by atoms with E-state index in [1.54, 1.807) is 36.4 Å². The number of ether oxygens (including phenoxy) is 1. The summed E-state index contributed by atoms with van der Waals surface area (Å²) in [5.41, 5.74) is 5.89. The van der Waals surface area contributed by atoms with Crippen LogP contribution in [0.5, 0.6) is 5.75 Å². The predicted molar refractivity (Wildman–Crippen MR) is 76.3 cm³/mol. The number of furan rings is 1. The molecule has 1 heterocycles. The normalized spacial score (nSPS) is 10.1. The van der Waals surface area contributed by atoms with Gasteiger partial charge in [-0.05, 0) is 36.4 Å². The molecule has 21 heavy (non-hydrogen) atoms. The van der Waals surface area contributed by atoms with Crippen LogP contribution in [0.2, 0.25) is 0 Å². The number of nitrogens with one attached hydrogen (secondary N) is 1. The standard InChI is InChI=1S/C15H16N2O4/c16-7-8-17-15(19)14-6-5-13(21-14)10-20-12-3-1-11(9-18)2-4-12/h1-6,9H,7-8,10,16H2,(H,17,19). The smallest absolute Gasteiger partial charge is 0.287 e. The van der Waals surface area contributed by atoms with Crippen LogP contribution in [0.3, 0.4) is 0 Å². The molecular formula is C15H16N2O4. The number of rotatable bonds is 7. The van der Waals surface area contributed by atoms with Gasteiger partial charge in [-0.3, -0.25) is 9.59 Å². The molecule has 0 fully saturated rings. The second-order valence-electron chi connectivity index (χ2n) is 4.29. The Labute approximate surface area is 121 Å². The van der Waals surface area contributed by atoms with Gasteiger partial charge in [-0.15, -0.1) is 0 Å². The van der Waals surface area contributed by atoms with E-state index in [2.05, 4.69) is 5.32 Å². The van der Waals surface area contributed by atoms with E-state index in [0.29, 0.717) is 30.2 Å². The molecule has 1 amide bonds. The molecule has 1 aromatic heterocycles. The highest BCUT2D eigenvalue weighted by Gasteiger charge is 2.10. The fourth-order valence-electron chi connectivity index (χ4n) is 1.65. The van der Waals surface area contributed by atoms with Gasteiger partial charge in [-0.1, -0.05) is 0 Å². The molecule has 0 saturated carbocycles. The lowest BCUT2D eigenvalue weighted by Gasteiger charge is -2.04. The summed E-state index contributed by atoms with van der Waals surface area (Å²) in [5, 5.41) is 2.62. The van der Waals surface area contributed by atoms with Crippen molar-refractivity contribution >= 4 is 12.2 Å². The van der Waals surface area contributed by atoms with Crippen molar-refractivity contribution in [2.24, 2.45) is 5.73 Å². The molecule has 0 radical (unpaired) electrons. The molecule has 0 unspecified atom stereocenters. The first kappa shape index (κ1) is 14.8. The third-order valence-electron chi connectivity index (χ3n) is 2.71. The van der Waals surface area contributed by atoms with Crippen LogP contribution in [0.15, 0.2) is 40.8 Å². The number of hydrogen-bond donors (Lipinski definition) is 2. The number of hydrogen-bond acceptors (Lipinski definition) is 5. The van der Waals surface area contributed by atoms with Gasteiger partial charge >= 0.3 is 0 Å². The van der Waals surface area contributed by atoms with E-state index < -0.39 is 0 Å². The Morgan fingerprint density at radius 3 is 2.67 bits per heavy atom. The van der Waals surface area contributed by atoms with Crippen LogP contribution in [0.1, 0.15) is 26.7 Å². The number of carbonyl (C=O) groups is 2. The van der Waals surface area contributed by atoms with Crippen molar-refractivity contribution in [2.75, 3.05) is 13.1 Å². The van der Waals surface area contributed by atoms with E-state index in [-0.39, 0.29) is 18.3 Å². The Balaban J connectivity index is 1.89. The average Bonchev–Trinajstić information content (AvgIpc) is 3.00. The summed E-state index contributed by atoms with van der Waals surface area (Å²) in [6.07, 6.45) is 0.766. The minimum Gasteiger partial charge on any atom is -0.486 e. The molecule has 0 aliphatic rings. The molecule has 0 spiro atoms. The van der Waals surface area contributed by atoms with Crippen molar-refractivity contribution in [3.63, 3.8) is 0 Å². The minimum atomic E-state index is -0.304. The van der Waals surface area contributed by atoms with Gasteiger partial charge in [0.05, 0.1) is 0 Å². The topological polar surface area (TPSA) is 94.6 Å². The molecule has 1 aromatic carbocycles. The Hall–Kier alpha value is -2.60. The van der Waals surface area contributed by atoms with Gasteiger partial charge in [0.25, 0.3) is 5.91 Å². The van der Waals surface area contributed by atoms with Gasteiger partial charge in [0.1, 0.15) is 24.4 Å². The maximum Gasteiger partial charge on any atom is 0.287 e. The highest BCUT2D eigenvalue weighted by molar-refractivity contribution is 5.91. The van der Waals surface area contributed by atoms with Gasteiger partial charge in [0.15, 0.2) is 5.76 Å². The third-order valence-corrected chi connectivity index (χ3v) is 2.71. The number of benzene rings is 1. The van der Waals surface area contributed by atoms with Gasteiger partial charge < -0.3 is 20.2 Å². The van der Waals surface area contributed by atoms with Gasteiger partial charge in [0, 0.05) is 18.7 Å². The highest BCUT2D eigenvalue weighted by atomic mass is 16.5. The second-order valence-corrected chi connectivity index (χ2v) is 4.29. The second kappa shape index (κ2) is 7.25. The molecule has 0 saturated heterocycles. The molecule has 0 atom stereocenters. The van der Waals surface area contributed by atoms with E-state index >= 15 is 0 Å². The third kappa shape index (κ3) is 4.19. The zero-order chi connectivity index (χ0) is 15.1. The Morgan fingerprint density at radius 1 is 1.24 bits per heavy atom. The highest BCUT2D eigenvalue weighted by Crippen LogP contribution is 2.15. The molecule has 0 bridgehead atoms. The van der Waals surface area contributed by atoms with Crippen molar-refractivity contribution in [3.8, 4) is 5.75 Å². The van der Waals surface area contributed by atoms with Crippen molar-refractivity contribution in [3.05, 3.63) is 53.5 Å². The summed E-state index contributed by atoms with van der Waals surface area (Å²) >= 11 is 0.